The summed E-state index contributed by atoms with van der Waals surface area (Å²) in [5.74, 6) is 0.168. The SMILES string of the molecule is CC(C)(C)NCCCCC(N)C(=O)C(C)(C)C. The molecule has 1 atom stereocenters. The number of carbonyl (C=O) groups is 1. The van der Waals surface area contributed by atoms with E-state index in [9.17, 15) is 4.79 Å². The van der Waals surface area contributed by atoms with E-state index in [0.29, 0.717) is 0 Å². The molecule has 0 fully saturated rings. The summed E-state index contributed by atoms with van der Waals surface area (Å²) in [7, 11) is 0. The molecule has 0 radical (unpaired) electrons. The first kappa shape index (κ1) is 16.6. The van der Waals surface area contributed by atoms with E-state index in [4.69, 9.17) is 5.73 Å². The van der Waals surface area contributed by atoms with Crippen molar-refractivity contribution < 1.29 is 4.79 Å². The van der Waals surface area contributed by atoms with Gasteiger partial charge in [0.1, 0.15) is 0 Å². The van der Waals surface area contributed by atoms with Crippen LogP contribution in [-0.2, 0) is 4.79 Å². The Morgan fingerprint density at radius 3 is 2.06 bits per heavy atom. The van der Waals surface area contributed by atoms with Gasteiger partial charge in [0, 0.05) is 11.0 Å². The zero-order valence-electron chi connectivity index (χ0n) is 12.4. The molecule has 102 valence electrons. The number of hydrogen-bond donors (Lipinski definition) is 2. The zero-order chi connectivity index (χ0) is 13.7. The third kappa shape index (κ3) is 8.33. The first-order valence-corrected chi connectivity index (χ1v) is 6.59. The fraction of sp³-hybridized carbons (Fsp3) is 0.929. The molecule has 3 heteroatoms. The van der Waals surface area contributed by atoms with Gasteiger partial charge in [0.05, 0.1) is 6.04 Å². The molecule has 0 saturated carbocycles. The van der Waals surface area contributed by atoms with Crippen molar-refractivity contribution in [1.29, 1.82) is 0 Å². The molecule has 0 bridgehead atoms. The van der Waals surface area contributed by atoms with Gasteiger partial charge in [-0.15, -0.1) is 0 Å². The van der Waals surface area contributed by atoms with Gasteiger partial charge in [-0.2, -0.15) is 0 Å². The summed E-state index contributed by atoms with van der Waals surface area (Å²) in [5, 5.41) is 3.43. The van der Waals surface area contributed by atoms with E-state index in [-0.39, 0.29) is 22.8 Å². The lowest BCUT2D eigenvalue weighted by Gasteiger charge is -2.22. The molecule has 0 heterocycles. The highest BCUT2D eigenvalue weighted by Gasteiger charge is 2.26. The molecule has 0 spiro atoms. The Balaban J connectivity index is 3.73. The number of nitrogens with two attached hydrogens (primary N) is 1. The summed E-state index contributed by atoms with van der Waals surface area (Å²) in [6.45, 7) is 13.2. The molecule has 3 N–H and O–H groups in total. The van der Waals surface area contributed by atoms with Gasteiger partial charge in [-0.1, -0.05) is 27.2 Å². The highest BCUT2D eigenvalue weighted by molar-refractivity contribution is 5.88. The number of ketones is 1. The molecule has 0 aliphatic heterocycles. The van der Waals surface area contributed by atoms with Crippen LogP contribution in [0.25, 0.3) is 0 Å². The number of hydrogen-bond acceptors (Lipinski definition) is 3. The Hall–Kier alpha value is -0.410. The van der Waals surface area contributed by atoms with Gasteiger partial charge in [-0.05, 0) is 40.2 Å². The Kier molecular flexibility index (Phi) is 6.35. The first-order valence-electron chi connectivity index (χ1n) is 6.59. The van der Waals surface area contributed by atoms with Crippen molar-refractivity contribution in [3.8, 4) is 0 Å². The average Bonchev–Trinajstić information content (AvgIpc) is 2.12. The summed E-state index contributed by atoms with van der Waals surface area (Å²) < 4.78 is 0. The second-order valence-corrected chi connectivity index (χ2v) is 6.89. The van der Waals surface area contributed by atoms with E-state index in [1.165, 1.54) is 0 Å². The minimum absolute atomic E-state index is 0.168. The van der Waals surface area contributed by atoms with Crippen molar-refractivity contribution in [2.75, 3.05) is 6.54 Å². The molecule has 1 unspecified atom stereocenters. The van der Waals surface area contributed by atoms with Crippen LogP contribution in [0.15, 0.2) is 0 Å². The summed E-state index contributed by atoms with van der Waals surface area (Å²) in [5.41, 5.74) is 5.76. The van der Waals surface area contributed by atoms with Gasteiger partial charge in [-0.3, -0.25) is 4.79 Å². The molecule has 0 saturated heterocycles. The lowest BCUT2D eigenvalue weighted by atomic mass is 9.85. The van der Waals surface area contributed by atoms with E-state index in [1.54, 1.807) is 0 Å². The normalized spacial score (nSPS) is 14.8. The van der Waals surface area contributed by atoms with E-state index >= 15 is 0 Å². The van der Waals surface area contributed by atoms with Crippen LogP contribution in [0.2, 0.25) is 0 Å². The van der Waals surface area contributed by atoms with Crippen LogP contribution >= 0.6 is 0 Å². The van der Waals surface area contributed by atoms with Gasteiger partial charge in [0.25, 0.3) is 0 Å². The van der Waals surface area contributed by atoms with Crippen molar-refractivity contribution >= 4 is 5.78 Å². The van der Waals surface area contributed by atoms with Crippen LogP contribution in [0.1, 0.15) is 60.8 Å². The second kappa shape index (κ2) is 6.50. The van der Waals surface area contributed by atoms with Crippen LogP contribution in [0.4, 0.5) is 0 Å². The topological polar surface area (TPSA) is 55.1 Å². The number of unbranched alkanes of at least 4 members (excludes halogenated alkanes) is 1. The van der Waals surface area contributed by atoms with Crippen molar-refractivity contribution in [3.05, 3.63) is 0 Å². The maximum absolute atomic E-state index is 11.8. The smallest absolute Gasteiger partial charge is 0.154 e. The minimum atomic E-state index is -0.316. The van der Waals surface area contributed by atoms with Gasteiger partial charge < -0.3 is 11.1 Å². The third-order valence-corrected chi connectivity index (χ3v) is 2.67. The van der Waals surface area contributed by atoms with Gasteiger partial charge in [-0.25, -0.2) is 0 Å². The maximum Gasteiger partial charge on any atom is 0.154 e. The fourth-order valence-corrected chi connectivity index (χ4v) is 1.64. The van der Waals surface area contributed by atoms with Crippen molar-refractivity contribution in [1.82, 2.24) is 5.32 Å². The summed E-state index contributed by atoms with van der Waals surface area (Å²) in [6, 6.07) is -0.301. The molecule has 0 amide bonds. The molecular weight excluding hydrogens is 212 g/mol. The highest BCUT2D eigenvalue weighted by Crippen LogP contribution is 2.18. The number of nitrogens with one attached hydrogen (secondary N) is 1. The number of carbonyl (C=O) groups excluding carboxylic acids is 1. The molecule has 0 aliphatic rings. The zero-order valence-corrected chi connectivity index (χ0v) is 12.4. The molecule has 3 nitrogen and oxygen atoms in total. The lowest BCUT2D eigenvalue weighted by molar-refractivity contribution is -0.127. The summed E-state index contributed by atoms with van der Waals surface area (Å²) in [6.07, 6.45) is 2.87. The maximum atomic E-state index is 11.8. The van der Waals surface area contributed by atoms with Crippen LogP contribution < -0.4 is 11.1 Å². The second-order valence-electron chi connectivity index (χ2n) is 6.89. The molecule has 0 rings (SSSR count). The van der Waals surface area contributed by atoms with Crippen LogP contribution in [0.5, 0.6) is 0 Å². The van der Waals surface area contributed by atoms with E-state index in [0.717, 1.165) is 25.8 Å². The summed E-state index contributed by atoms with van der Waals surface area (Å²) >= 11 is 0. The highest BCUT2D eigenvalue weighted by atomic mass is 16.1. The number of Topliss-reactive ketones (excluding diaryl/α,β-unsaturated/α-hetero) is 1. The van der Waals surface area contributed by atoms with Gasteiger partial charge >= 0.3 is 0 Å². The van der Waals surface area contributed by atoms with Crippen LogP contribution in [0, 0.1) is 5.41 Å². The van der Waals surface area contributed by atoms with E-state index < -0.39 is 0 Å². The molecule has 0 aliphatic carbocycles. The van der Waals surface area contributed by atoms with Crippen LogP contribution in [-0.4, -0.2) is 23.9 Å². The minimum Gasteiger partial charge on any atom is -0.321 e. The Morgan fingerprint density at radius 1 is 1.12 bits per heavy atom. The van der Waals surface area contributed by atoms with Crippen molar-refractivity contribution in [3.63, 3.8) is 0 Å². The number of rotatable bonds is 6. The quantitative estimate of drug-likeness (QED) is 0.704. The third-order valence-electron chi connectivity index (χ3n) is 2.67. The van der Waals surface area contributed by atoms with Crippen molar-refractivity contribution in [2.24, 2.45) is 11.1 Å². The first-order chi connectivity index (χ1) is 7.54. The van der Waals surface area contributed by atoms with E-state index in [2.05, 4.69) is 26.1 Å². The fourth-order valence-electron chi connectivity index (χ4n) is 1.64. The molecule has 17 heavy (non-hydrogen) atoms. The molecule has 0 aromatic carbocycles. The Labute approximate surface area is 107 Å². The van der Waals surface area contributed by atoms with Crippen molar-refractivity contribution in [2.45, 2.75) is 72.4 Å². The van der Waals surface area contributed by atoms with Crippen LogP contribution in [0.3, 0.4) is 0 Å². The molecular formula is C14H30N2O. The lowest BCUT2D eigenvalue weighted by Crippen LogP contribution is -2.39. The average molecular weight is 242 g/mol. The van der Waals surface area contributed by atoms with Gasteiger partial charge in [0.2, 0.25) is 0 Å². The Morgan fingerprint density at radius 2 is 1.65 bits per heavy atom. The molecule has 0 aromatic rings. The predicted octanol–water partition coefficient (Wildman–Crippen LogP) is 2.49. The predicted molar refractivity (Wildman–Crippen MR) is 74.0 cm³/mol. The molecule has 0 aromatic heterocycles. The largest absolute Gasteiger partial charge is 0.321 e. The Bertz CT molecular complexity index is 236. The van der Waals surface area contributed by atoms with Gasteiger partial charge in [0.15, 0.2) is 5.78 Å². The van der Waals surface area contributed by atoms with E-state index in [1.807, 2.05) is 20.8 Å². The standard InChI is InChI=1S/C14H30N2O/c1-13(2,3)12(17)11(15)9-7-8-10-16-14(4,5)6/h11,16H,7-10,15H2,1-6H3. The summed E-state index contributed by atoms with van der Waals surface area (Å²) in [4.78, 5) is 11.8. The monoisotopic (exact) mass is 242 g/mol.